The van der Waals surface area contributed by atoms with Crippen molar-refractivity contribution in [3.8, 4) is 0 Å². The molecule has 154 valence electrons. The molecule has 0 aliphatic heterocycles. The average molecular weight is 513 g/mol. The van der Waals surface area contributed by atoms with Gasteiger partial charge in [-0.3, -0.25) is 0 Å². The highest BCUT2D eigenvalue weighted by Crippen LogP contribution is 2.36. The van der Waals surface area contributed by atoms with Crippen LogP contribution in [-0.4, -0.2) is 41.8 Å². The molecular weight excluding hydrogens is 479 g/mol. The van der Waals surface area contributed by atoms with Gasteiger partial charge in [-0.05, 0) is 28.3 Å². The minimum absolute atomic E-state index is 0.00537. The Balaban J connectivity index is 2.20. The van der Waals surface area contributed by atoms with Gasteiger partial charge in [0.15, 0.2) is 0 Å². The molecule has 2 N–H and O–H groups in total. The maximum Gasteiger partial charge on any atom is 0.261 e. The van der Waals surface area contributed by atoms with Gasteiger partial charge in [-0.25, -0.2) is 0 Å². The number of unbranched alkanes of at least 4 members (excludes halogenated alkanes) is 1. The predicted molar refractivity (Wildman–Crippen MR) is 128 cm³/mol. The van der Waals surface area contributed by atoms with Gasteiger partial charge >= 0.3 is 0 Å². The van der Waals surface area contributed by atoms with Crippen LogP contribution in [-0.2, 0) is 4.43 Å². The second kappa shape index (κ2) is 10.9. The van der Waals surface area contributed by atoms with Gasteiger partial charge in [0.2, 0.25) is 0 Å². The largest absolute Gasteiger partial charge is 0.407 e. The van der Waals surface area contributed by atoms with Gasteiger partial charge in [0.1, 0.15) is 0 Å². The van der Waals surface area contributed by atoms with E-state index in [1.54, 1.807) is 0 Å². The standard InChI is InChI=1S/C23H33IO3Si/c1-23(2,3)28(19-12-6-4-7-13-19,20-14-8-5-9-15-20)27-17-11-10-16-21(24)22(26)18-25/h4-9,12-15,21-22,25-26H,10-11,16-18H2,1-3H3/t21-,22+/m1/s1. The normalized spacial score (nSPS) is 14.6. The number of halogens is 1. The molecule has 0 amide bonds. The minimum Gasteiger partial charge on any atom is -0.407 e. The fourth-order valence-electron chi connectivity index (χ4n) is 3.74. The molecule has 3 nitrogen and oxygen atoms in total. The molecule has 0 saturated heterocycles. The number of aliphatic hydroxyl groups excluding tert-OH is 2. The van der Waals surface area contributed by atoms with Gasteiger partial charge < -0.3 is 14.6 Å². The van der Waals surface area contributed by atoms with Crippen LogP contribution in [0.1, 0.15) is 40.0 Å². The first-order valence-electron chi connectivity index (χ1n) is 10.0. The number of alkyl halides is 1. The van der Waals surface area contributed by atoms with Gasteiger partial charge in [-0.15, -0.1) is 0 Å². The van der Waals surface area contributed by atoms with E-state index in [2.05, 4.69) is 104 Å². The van der Waals surface area contributed by atoms with E-state index in [9.17, 15) is 5.11 Å². The zero-order valence-electron chi connectivity index (χ0n) is 17.1. The molecule has 0 aliphatic rings. The van der Waals surface area contributed by atoms with E-state index in [4.69, 9.17) is 9.53 Å². The van der Waals surface area contributed by atoms with Crippen LogP contribution in [0, 0.1) is 0 Å². The first kappa shape index (κ1) is 23.5. The van der Waals surface area contributed by atoms with Crippen LogP contribution in [0.25, 0.3) is 0 Å². The van der Waals surface area contributed by atoms with Crippen LogP contribution in [0.4, 0.5) is 0 Å². The van der Waals surface area contributed by atoms with E-state index in [0.717, 1.165) is 19.3 Å². The van der Waals surface area contributed by atoms with Crippen molar-refractivity contribution in [3.63, 3.8) is 0 Å². The molecule has 2 aromatic rings. The molecule has 0 heterocycles. The summed E-state index contributed by atoms with van der Waals surface area (Å²) in [6, 6.07) is 21.4. The second-order valence-corrected chi connectivity index (χ2v) is 14.2. The highest BCUT2D eigenvalue weighted by molar-refractivity contribution is 14.1. The van der Waals surface area contributed by atoms with Crippen molar-refractivity contribution in [2.75, 3.05) is 13.2 Å². The smallest absolute Gasteiger partial charge is 0.261 e. The van der Waals surface area contributed by atoms with Crippen LogP contribution in [0.2, 0.25) is 5.04 Å². The Bertz CT molecular complexity index is 648. The molecule has 0 unspecified atom stereocenters. The van der Waals surface area contributed by atoms with E-state index < -0.39 is 14.4 Å². The quantitative estimate of drug-likeness (QED) is 0.220. The summed E-state index contributed by atoms with van der Waals surface area (Å²) in [6.45, 7) is 7.39. The summed E-state index contributed by atoms with van der Waals surface area (Å²) < 4.78 is 6.94. The zero-order valence-corrected chi connectivity index (χ0v) is 20.3. The van der Waals surface area contributed by atoms with Gasteiger partial charge in [0.25, 0.3) is 8.32 Å². The van der Waals surface area contributed by atoms with Crippen molar-refractivity contribution in [1.82, 2.24) is 0 Å². The molecule has 0 fully saturated rings. The first-order valence-corrected chi connectivity index (χ1v) is 13.2. The van der Waals surface area contributed by atoms with E-state index in [-0.39, 0.29) is 15.6 Å². The highest BCUT2D eigenvalue weighted by atomic mass is 127. The molecule has 0 radical (unpaired) electrons. The Morgan fingerprint density at radius 3 is 1.86 bits per heavy atom. The number of benzene rings is 2. The Kier molecular flexibility index (Phi) is 9.15. The SMILES string of the molecule is CC(C)(C)[Si](OCCCC[C@@H](I)[C@@H](O)CO)(c1ccccc1)c1ccccc1. The van der Waals surface area contributed by atoms with Crippen LogP contribution in [0.15, 0.2) is 60.7 Å². The van der Waals surface area contributed by atoms with Crippen LogP contribution in [0.3, 0.4) is 0 Å². The third-order valence-corrected chi connectivity index (χ3v) is 11.7. The molecule has 2 atom stereocenters. The van der Waals surface area contributed by atoms with Crippen molar-refractivity contribution in [3.05, 3.63) is 60.7 Å². The topological polar surface area (TPSA) is 49.7 Å². The van der Waals surface area contributed by atoms with Crippen molar-refractivity contribution in [2.24, 2.45) is 0 Å². The van der Waals surface area contributed by atoms with E-state index in [0.29, 0.717) is 6.61 Å². The van der Waals surface area contributed by atoms with Crippen molar-refractivity contribution in [2.45, 2.75) is 55.1 Å². The second-order valence-electron chi connectivity index (χ2n) is 8.27. The molecule has 0 bridgehead atoms. The monoisotopic (exact) mass is 512 g/mol. The zero-order chi connectivity index (χ0) is 20.6. The lowest BCUT2D eigenvalue weighted by Crippen LogP contribution is -2.66. The Morgan fingerprint density at radius 2 is 1.43 bits per heavy atom. The summed E-state index contributed by atoms with van der Waals surface area (Å²) in [5.41, 5.74) is 0. The number of hydrogen-bond donors (Lipinski definition) is 2. The molecule has 0 saturated carbocycles. The molecule has 2 rings (SSSR count). The van der Waals surface area contributed by atoms with E-state index in [1.807, 2.05) is 0 Å². The van der Waals surface area contributed by atoms with Crippen LogP contribution in [0.5, 0.6) is 0 Å². The third kappa shape index (κ3) is 5.66. The fourth-order valence-corrected chi connectivity index (χ4v) is 9.01. The molecule has 0 aliphatic carbocycles. The summed E-state index contributed by atoms with van der Waals surface area (Å²) in [4.78, 5) is 0. The maximum atomic E-state index is 9.73. The Hall–Kier alpha value is -0.733. The lowest BCUT2D eigenvalue weighted by atomic mass is 10.1. The summed E-state index contributed by atoms with van der Waals surface area (Å²) in [6.07, 6.45) is 2.16. The van der Waals surface area contributed by atoms with Gasteiger partial charge in [0.05, 0.1) is 12.7 Å². The molecule has 28 heavy (non-hydrogen) atoms. The van der Waals surface area contributed by atoms with Crippen LogP contribution >= 0.6 is 22.6 Å². The summed E-state index contributed by atoms with van der Waals surface area (Å²) >= 11 is 2.22. The Labute approximate surface area is 184 Å². The van der Waals surface area contributed by atoms with Gasteiger partial charge in [0, 0.05) is 10.5 Å². The summed E-state index contributed by atoms with van der Waals surface area (Å²) in [5.74, 6) is 0. The molecule has 0 aromatic heterocycles. The molecular formula is C23H33IO3Si. The number of rotatable bonds is 10. The van der Waals surface area contributed by atoms with Gasteiger partial charge in [-0.1, -0.05) is 110 Å². The van der Waals surface area contributed by atoms with Crippen molar-refractivity contribution in [1.29, 1.82) is 0 Å². The minimum atomic E-state index is -2.45. The van der Waals surface area contributed by atoms with Crippen molar-refractivity contribution < 1.29 is 14.6 Å². The predicted octanol–water partition coefficient (Wildman–Crippen LogP) is 3.89. The highest BCUT2D eigenvalue weighted by Gasteiger charge is 2.49. The van der Waals surface area contributed by atoms with Gasteiger partial charge in [-0.2, -0.15) is 0 Å². The molecule has 0 spiro atoms. The van der Waals surface area contributed by atoms with Crippen molar-refractivity contribution >= 4 is 41.3 Å². The summed E-state index contributed by atoms with van der Waals surface area (Å²) in [7, 11) is -2.45. The maximum absolute atomic E-state index is 9.73. The van der Waals surface area contributed by atoms with E-state index in [1.165, 1.54) is 10.4 Å². The lowest BCUT2D eigenvalue weighted by molar-refractivity contribution is 0.0940. The molecule has 5 heteroatoms. The first-order chi connectivity index (χ1) is 13.3. The number of hydrogen-bond acceptors (Lipinski definition) is 3. The molecule has 2 aromatic carbocycles. The Morgan fingerprint density at radius 1 is 0.929 bits per heavy atom. The fraction of sp³-hybridized carbons (Fsp3) is 0.478. The lowest BCUT2D eigenvalue weighted by Gasteiger charge is -2.43. The third-order valence-electron chi connectivity index (χ3n) is 5.21. The van der Waals surface area contributed by atoms with Crippen LogP contribution < -0.4 is 10.4 Å². The average Bonchev–Trinajstić information content (AvgIpc) is 2.70. The number of aliphatic hydroxyl groups is 2. The van der Waals surface area contributed by atoms with E-state index >= 15 is 0 Å². The summed E-state index contributed by atoms with van der Waals surface area (Å²) in [5, 5.41) is 21.4.